The highest BCUT2D eigenvalue weighted by Gasteiger charge is 2.15. The Morgan fingerprint density at radius 3 is 1.83 bits per heavy atom. The van der Waals surface area contributed by atoms with Crippen molar-refractivity contribution in [2.75, 3.05) is 30.8 Å². The summed E-state index contributed by atoms with van der Waals surface area (Å²) in [6.07, 6.45) is 0. The van der Waals surface area contributed by atoms with E-state index in [2.05, 4.69) is 31.4 Å². The zero-order chi connectivity index (χ0) is 21.8. The largest absolute Gasteiger partial charge is 0.325 e. The number of carbonyl (C=O) groups excluding carboxylic acids is 2. The molecule has 0 heterocycles. The van der Waals surface area contributed by atoms with Gasteiger partial charge < -0.3 is 10.6 Å². The molecule has 5 nitrogen and oxygen atoms in total. The molecule has 5 heteroatoms. The monoisotopic (exact) mass is 395 g/mol. The Labute approximate surface area is 174 Å². The zero-order valence-electron chi connectivity index (χ0n) is 18.6. The summed E-state index contributed by atoms with van der Waals surface area (Å²) in [6, 6.07) is 12.0. The van der Waals surface area contributed by atoms with E-state index in [1.54, 1.807) is 11.9 Å². The number of anilines is 2. The summed E-state index contributed by atoms with van der Waals surface area (Å²) in [7, 11) is 1.76. The SMILES string of the molecule is Cc1cc(C)c(NC(=O)CN(C)CC(=O)Nc2ccc(C(C)(C)C)cc2)c(C)c1. The summed E-state index contributed by atoms with van der Waals surface area (Å²) in [4.78, 5) is 26.4. The summed E-state index contributed by atoms with van der Waals surface area (Å²) in [5.74, 6) is -0.281. The van der Waals surface area contributed by atoms with Gasteiger partial charge in [0.1, 0.15) is 0 Å². The second-order valence-corrected chi connectivity index (χ2v) is 8.87. The van der Waals surface area contributed by atoms with Crippen LogP contribution in [0.3, 0.4) is 0 Å². The Morgan fingerprint density at radius 1 is 0.862 bits per heavy atom. The van der Waals surface area contributed by atoms with Crippen molar-refractivity contribution >= 4 is 23.2 Å². The zero-order valence-corrected chi connectivity index (χ0v) is 18.6. The number of rotatable bonds is 6. The lowest BCUT2D eigenvalue weighted by Gasteiger charge is -2.20. The van der Waals surface area contributed by atoms with E-state index in [-0.39, 0.29) is 30.3 Å². The van der Waals surface area contributed by atoms with Gasteiger partial charge in [0.05, 0.1) is 13.1 Å². The maximum Gasteiger partial charge on any atom is 0.238 e. The molecular weight excluding hydrogens is 362 g/mol. The maximum atomic E-state index is 12.4. The summed E-state index contributed by atoms with van der Waals surface area (Å²) < 4.78 is 0. The lowest BCUT2D eigenvalue weighted by molar-refractivity contribution is -0.119. The smallest absolute Gasteiger partial charge is 0.238 e. The normalized spacial score (nSPS) is 11.4. The van der Waals surface area contributed by atoms with E-state index in [0.717, 1.165) is 22.5 Å². The van der Waals surface area contributed by atoms with Crippen LogP contribution >= 0.6 is 0 Å². The Morgan fingerprint density at radius 2 is 1.34 bits per heavy atom. The highest BCUT2D eigenvalue weighted by molar-refractivity contribution is 5.95. The van der Waals surface area contributed by atoms with Crippen LogP contribution in [0.1, 0.15) is 43.0 Å². The predicted octanol–water partition coefficient (Wildman–Crippen LogP) is 4.42. The molecule has 156 valence electrons. The van der Waals surface area contributed by atoms with Gasteiger partial charge >= 0.3 is 0 Å². The van der Waals surface area contributed by atoms with Gasteiger partial charge in [0.25, 0.3) is 0 Å². The second kappa shape index (κ2) is 9.23. The van der Waals surface area contributed by atoms with Gasteiger partial charge in [-0.05, 0) is 62.1 Å². The molecule has 0 aliphatic heterocycles. The lowest BCUT2D eigenvalue weighted by Crippen LogP contribution is -2.36. The van der Waals surface area contributed by atoms with Crippen LogP contribution in [0, 0.1) is 20.8 Å². The molecule has 0 saturated heterocycles. The van der Waals surface area contributed by atoms with E-state index >= 15 is 0 Å². The fourth-order valence-corrected chi connectivity index (χ4v) is 3.36. The van der Waals surface area contributed by atoms with Crippen molar-refractivity contribution in [2.45, 2.75) is 47.0 Å². The van der Waals surface area contributed by atoms with Crippen LogP contribution in [-0.2, 0) is 15.0 Å². The number of carbonyl (C=O) groups is 2. The molecule has 2 rings (SSSR count). The molecule has 0 spiro atoms. The minimum Gasteiger partial charge on any atom is -0.325 e. The topological polar surface area (TPSA) is 61.4 Å². The fourth-order valence-electron chi connectivity index (χ4n) is 3.36. The van der Waals surface area contributed by atoms with Gasteiger partial charge in [0, 0.05) is 11.4 Å². The summed E-state index contributed by atoms with van der Waals surface area (Å²) in [5.41, 5.74) is 6.13. The number of nitrogens with zero attached hydrogens (tertiary/aromatic N) is 1. The van der Waals surface area contributed by atoms with E-state index in [0.29, 0.717) is 0 Å². The molecular formula is C24H33N3O2. The number of nitrogens with one attached hydrogen (secondary N) is 2. The predicted molar refractivity (Wildman–Crippen MR) is 121 cm³/mol. The van der Waals surface area contributed by atoms with Crippen LogP contribution in [-0.4, -0.2) is 36.9 Å². The minimum absolute atomic E-state index is 0.0737. The maximum absolute atomic E-state index is 12.4. The van der Waals surface area contributed by atoms with E-state index in [1.807, 2.05) is 57.2 Å². The van der Waals surface area contributed by atoms with Crippen LogP contribution in [0.5, 0.6) is 0 Å². The highest BCUT2D eigenvalue weighted by Crippen LogP contribution is 2.23. The van der Waals surface area contributed by atoms with Crippen LogP contribution in [0.25, 0.3) is 0 Å². The summed E-state index contributed by atoms with van der Waals surface area (Å²) in [5, 5.41) is 5.85. The van der Waals surface area contributed by atoms with Gasteiger partial charge in [-0.3, -0.25) is 14.5 Å². The first-order valence-electron chi connectivity index (χ1n) is 9.92. The Bertz CT molecular complexity index is 857. The molecule has 0 aliphatic carbocycles. The number of amides is 2. The Hall–Kier alpha value is -2.66. The minimum atomic E-state index is -0.147. The molecule has 0 bridgehead atoms. The lowest BCUT2D eigenvalue weighted by atomic mass is 9.87. The van der Waals surface area contributed by atoms with Crippen molar-refractivity contribution in [3.63, 3.8) is 0 Å². The molecule has 0 aliphatic rings. The van der Waals surface area contributed by atoms with Crippen LogP contribution in [0.4, 0.5) is 11.4 Å². The molecule has 2 N–H and O–H groups in total. The van der Waals surface area contributed by atoms with Crippen molar-refractivity contribution < 1.29 is 9.59 Å². The number of likely N-dealkylation sites (N-methyl/N-ethyl adjacent to an activating group) is 1. The highest BCUT2D eigenvalue weighted by atomic mass is 16.2. The van der Waals surface area contributed by atoms with Gasteiger partial charge in [-0.2, -0.15) is 0 Å². The third-order valence-electron chi connectivity index (χ3n) is 4.80. The molecule has 0 fully saturated rings. The third kappa shape index (κ3) is 6.71. The molecule has 29 heavy (non-hydrogen) atoms. The van der Waals surface area contributed by atoms with Gasteiger partial charge in [-0.25, -0.2) is 0 Å². The molecule has 0 atom stereocenters. The van der Waals surface area contributed by atoms with Crippen LogP contribution in [0.2, 0.25) is 0 Å². The summed E-state index contributed by atoms with van der Waals surface area (Å²) >= 11 is 0. The van der Waals surface area contributed by atoms with Crippen molar-refractivity contribution in [1.29, 1.82) is 0 Å². The van der Waals surface area contributed by atoms with E-state index in [1.165, 1.54) is 11.1 Å². The van der Waals surface area contributed by atoms with Crippen molar-refractivity contribution in [1.82, 2.24) is 4.90 Å². The quantitative estimate of drug-likeness (QED) is 0.761. The molecule has 0 aromatic heterocycles. The Balaban J connectivity index is 1.87. The number of aryl methyl sites for hydroxylation is 3. The van der Waals surface area contributed by atoms with Crippen molar-refractivity contribution in [2.24, 2.45) is 0 Å². The first-order chi connectivity index (χ1) is 13.5. The van der Waals surface area contributed by atoms with Gasteiger partial charge in [0.2, 0.25) is 11.8 Å². The molecule has 0 unspecified atom stereocenters. The average Bonchev–Trinajstić information content (AvgIpc) is 2.57. The van der Waals surface area contributed by atoms with E-state index in [9.17, 15) is 9.59 Å². The molecule has 2 aromatic carbocycles. The van der Waals surface area contributed by atoms with Crippen LogP contribution in [0.15, 0.2) is 36.4 Å². The fraction of sp³-hybridized carbons (Fsp3) is 0.417. The number of hydrogen-bond donors (Lipinski definition) is 2. The number of benzene rings is 2. The molecule has 2 aromatic rings. The third-order valence-corrected chi connectivity index (χ3v) is 4.80. The molecule has 0 radical (unpaired) electrons. The standard InChI is InChI=1S/C24H33N3O2/c1-16-12-17(2)23(18(3)13-16)26-22(29)15-27(7)14-21(28)25-20-10-8-19(9-11-20)24(4,5)6/h8-13H,14-15H2,1-7H3,(H,25,28)(H,26,29). The van der Waals surface area contributed by atoms with Crippen molar-refractivity contribution in [3.8, 4) is 0 Å². The first-order valence-corrected chi connectivity index (χ1v) is 9.92. The number of hydrogen-bond acceptors (Lipinski definition) is 3. The first kappa shape index (κ1) is 22.6. The molecule has 0 saturated carbocycles. The van der Waals surface area contributed by atoms with E-state index < -0.39 is 0 Å². The summed E-state index contributed by atoms with van der Waals surface area (Å²) in [6.45, 7) is 12.7. The second-order valence-electron chi connectivity index (χ2n) is 8.87. The van der Waals surface area contributed by atoms with Crippen LogP contribution < -0.4 is 10.6 Å². The van der Waals surface area contributed by atoms with E-state index in [4.69, 9.17) is 0 Å². The van der Waals surface area contributed by atoms with Gasteiger partial charge in [-0.15, -0.1) is 0 Å². The van der Waals surface area contributed by atoms with Gasteiger partial charge in [0.15, 0.2) is 0 Å². The van der Waals surface area contributed by atoms with Gasteiger partial charge in [-0.1, -0.05) is 50.6 Å². The average molecular weight is 396 g/mol. The van der Waals surface area contributed by atoms with Crippen molar-refractivity contribution in [3.05, 3.63) is 58.7 Å². The Kier molecular flexibility index (Phi) is 7.20. The molecule has 2 amide bonds.